The van der Waals surface area contributed by atoms with E-state index >= 15 is 0 Å². The summed E-state index contributed by atoms with van der Waals surface area (Å²) in [5, 5.41) is 13.9. The first-order valence-corrected chi connectivity index (χ1v) is 7.29. The molecule has 1 heterocycles. The second-order valence-electron chi connectivity index (χ2n) is 5.08. The van der Waals surface area contributed by atoms with Gasteiger partial charge in [0.05, 0.1) is 11.4 Å². The molecule has 2 N–H and O–H groups in total. The maximum atomic E-state index is 12.4. The van der Waals surface area contributed by atoms with Gasteiger partial charge in [-0.3, -0.25) is 9.59 Å². The average Bonchev–Trinajstić information content (AvgIpc) is 2.71. The third-order valence-corrected chi connectivity index (χ3v) is 4.21. The highest BCUT2D eigenvalue weighted by Gasteiger charge is 2.47. The van der Waals surface area contributed by atoms with Gasteiger partial charge < -0.3 is 10.4 Å². The number of halogens is 2. The Morgan fingerprint density at radius 2 is 1.91 bits per heavy atom. The van der Waals surface area contributed by atoms with Crippen molar-refractivity contribution in [3.63, 3.8) is 0 Å². The smallest absolute Gasteiger partial charge is 0.261 e. The highest BCUT2D eigenvalue weighted by atomic mass is 35.5. The highest BCUT2D eigenvalue weighted by molar-refractivity contribution is 6.34. The fourth-order valence-electron chi connectivity index (χ4n) is 2.51. The van der Waals surface area contributed by atoms with Crippen molar-refractivity contribution in [2.24, 2.45) is 0 Å². The summed E-state index contributed by atoms with van der Waals surface area (Å²) in [5.74, 6) is -1.07. The van der Waals surface area contributed by atoms with Crippen LogP contribution in [0.4, 0.5) is 5.69 Å². The first-order valence-electron chi connectivity index (χ1n) is 6.53. The van der Waals surface area contributed by atoms with Crippen LogP contribution in [0.1, 0.15) is 22.3 Å². The molecule has 0 radical (unpaired) electrons. The number of hydrogen-bond donors (Lipinski definition) is 2. The van der Waals surface area contributed by atoms with Crippen molar-refractivity contribution in [1.29, 1.82) is 0 Å². The number of fused-ring (bicyclic) bond motifs is 1. The number of carbonyl (C=O) groups is 2. The van der Waals surface area contributed by atoms with Crippen LogP contribution < -0.4 is 5.32 Å². The third kappa shape index (κ3) is 2.39. The summed E-state index contributed by atoms with van der Waals surface area (Å²) in [6.45, 7) is 0. The van der Waals surface area contributed by atoms with E-state index in [1.54, 1.807) is 36.4 Å². The number of anilines is 1. The lowest BCUT2D eigenvalue weighted by molar-refractivity contribution is -0.133. The summed E-state index contributed by atoms with van der Waals surface area (Å²) >= 11 is 11.9. The zero-order valence-corrected chi connectivity index (χ0v) is 12.8. The van der Waals surface area contributed by atoms with Gasteiger partial charge in [0.25, 0.3) is 5.91 Å². The molecule has 3 rings (SSSR count). The van der Waals surface area contributed by atoms with Crippen molar-refractivity contribution >= 4 is 40.6 Å². The molecule has 1 aliphatic heterocycles. The second kappa shape index (κ2) is 5.39. The van der Waals surface area contributed by atoms with Crippen molar-refractivity contribution in [3.05, 3.63) is 63.6 Å². The van der Waals surface area contributed by atoms with Crippen LogP contribution in [0.25, 0.3) is 0 Å². The predicted octanol–water partition coefficient (Wildman–Crippen LogP) is 3.41. The Bertz CT molecular complexity index is 791. The molecule has 1 aliphatic rings. The number of amides is 1. The molecule has 0 saturated heterocycles. The molecular formula is C16H11Cl2NO3. The van der Waals surface area contributed by atoms with Gasteiger partial charge in [0.2, 0.25) is 0 Å². The number of Topliss-reactive ketones (excluding diaryl/α,β-unsaturated/α-hetero) is 1. The SMILES string of the molecule is O=C(CC1(O)C(=O)Nc2ccc(Cl)cc21)c1ccccc1Cl. The van der Waals surface area contributed by atoms with Gasteiger partial charge in [-0.2, -0.15) is 0 Å². The summed E-state index contributed by atoms with van der Waals surface area (Å²) in [6, 6.07) is 11.2. The topological polar surface area (TPSA) is 66.4 Å². The predicted molar refractivity (Wildman–Crippen MR) is 84.4 cm³/mol. The Kier molecular flexibility index (Phi) is 3.68. The van der Waals surface area contributed by atoms with Gasteiger partial charge in [-0.05, 0) is 30.3 Å². The van der Waals surface area contributed by atoms with E-state index in [0.717, 1.165) is 0 Å². The van der Waals surface area contributed by atoms with Crippen LogP contribution >= 0.6 is 23.2 Å². The molecule has 1 atom stereocenters. The average molecular weight is 336 g/mol. The summed E-state index contributed by atoms with van der Waals surface area (Å²) in [5.41, 5.74) is -0.939. The molecule has 22 heavy (non-hydrogen) atoms. The van der Waals surface area contributed by atoms with Gasteiger partial charge in [-0.25, -0.2) is 0 Å². The molecular weight excluding hydrogens is 325 g/mol. The van der Waals surface area contributed by atoms with E-state index < -0.39 is 23.7 Å². The van der Waals surface area contributed by atoms with E-state index in [0.29, 0.717) is 16.3 Å². The van der Waals surface area contributed by atoms with Crippen LogP contribution in [-0.4, -0.2) is 16.8 Å². The fraction of sp³-hybridized carbons (Fsp3) is 0.125. The second-order valence-corrected chi connectivity index (χ2v) is 5.93. The summed E-state index contributed by atoms with van der Waals surface area (Å²) in [4.78, 5) is 24.5. The van der Waals surface area contributed by atoms with Gasteiger partial charge in [0, 0.05) is 21.8 Å². The molecule has 0 aliphatic carbocycles. The quantitative estimate of drug-likeness (QED) is 0.844. The van der Waals surface area contributed by atoms with E-state index in [1.165, 1.54) is 6.07 Å². The number of nitrogens with one attached hydrogen (secondary N) is 1. The Labute approximate surface area is 136 Å². The molecule has 112 valence electrons. The standard InChI is InChI=1S/C16H11Cl2NO3/c17-9-5-6-13-11(7-9)16(22,15(21)19-13)8-14(20)10-3-1-2-4-12(10)18/h1-7,22H,8H2,(H,19,21). The molecule has 2 aromatic rings. The molecule has 6 heteroatoms. The van der Waals surface area contributed by atoms with Crippen LogP contribution in [0, 0.1) is 0 Å². The van der Waals surface area contributed by atoms with E-state index in [4.69, 9.17) is 23.2 Å². The lowest BCUT2D eigenvalue weighted by Crippen LogP contribution is -2.36. The van der Waals surface area contributed by atoms with Crippen molar-refractivity contribution in [3.8, 4) is 0 Å². The maximum absolute atomic E-state index is 12.4. The van der Waals surface area contributed by atoms with Crippen LogP contribution in [0.3, 0.4) is 0 Å². The highest BCUT2D eigenvalue weighted by Crippen LogP contribution is 2.40. The van der Waals surface area contributed by atoms with Gasteiger partial charge >= 0.3 is 0 Å². The maximum Gasteiger partial charge on any atom is 0.261 e. The lowest BCUT2D eigenvalue weighted by atomic mass is 9.88. The minimum atomic E-state index is -1.95. The van der Waals surface area contributed by atoms with Crippen molar-refractivity contribution < 1.29 is 14.7 Å². The summed E-state index contributed by atoms with van der Waals surface area (Å²) < 4.78 is 0. The zero-order chi connectivity index (χ0) is 15.9. The minimum Gasteiger partial charge on any atom is -0.375 e. The Morgan fingerprint density at radius 1 is 1.18 bits per heavy atom. The Hall–Kier alpha value is -1.88. The largest absolute Gasteiger partial charge is 0.375 e. The molecule has 0 spiro atoms. The number of aliphatic hydroxyl groups is 1. The van der Waals surface area contributed by atoms with Crippen molar-refractivity contribution in [2.75, 3.05) is 5.32 Å². The van der Waals surface area contributed by atoms with E-state index in [9.17, 15) is 14.7 Å². The van der Waals surface area contributed by atoms with Gasteiger partial charge in [0.1, 0.15) is 0 Å². The summed E-state index contributed by atoms with van der Waals surface area (Å²) in [7, 11) is 0. The van der Waals surface area contributed by atoms with Crippen LogP contribution in [0.5, 0.6) is 0 Å². The third-order valence-electron chi connectivity index (χ3n) is 3.64. The molecule has 2 aromatic carbocycles. The van der Waals surface area contributed by atoms with E-state index in [2.05, 4.69) is 5.32 Å². The van der Waals surface area contributed by atoms with Gasteiger partial charge in [-0.1, -0.05) is 35.3 Å². The molecule has 0 fully saturated rings. The molecule has 4 nitrogen and oxygen atoms in total. The zero-order valence-electron chi connectivity index (χ0n) is 11.3. The molecule has 0 aromatic heterocycles. The first-order chi connectivity index (χ1) is 10.4. The number of ketones is 1. The molecule has 0 saturated carbocycles. The van der Waals surface area contributed by atoms with Gasteiger partial charge in [0.15, 0.2) is 11.4 Å². The van der Waals surface area contributed by atoms with Gasteiger partial charge in [-0.15, -0.1) is 0 Å². The van der Waals surface area contributed by atoms with Crippen LogP contribution in [-0.2, 0) is 10.4 Å². The molecule has 1 amide bonds. The van der Waals surface area contributed by atoms with E-state index in [-0.39, 0.29) is 10.6 Å². The molecule has 1 unspecified atom stereocenters. The van der Waals surface area contributed by atoms with Crippen LogP contribution in [0.15, 0.2) is 42.5 Å². The fourth-order valence-corrected chi connectivity index (χ4v) is 2.92. The van der Waals surface area contributed by atoms with Crippen molar-refractivity contribution in [1.82, 2.24) is 0 Å². The molecule has 0 bridgehead atoms. The Balaban J connectivity index is 1.98. The van der Waals surface area contributed by atoms with Crippen molar-refractivity contribution in [2.45, 2.75) is 12.0 Å². The number of benzene rings is 2. The van der Waals surface area contributed by atoms with Crippen LogP contribution in [0.2, 0.25) is 10.0 Å². The normalized spacial score (nSPS) is 19.7. The van der Waals surface area contributed by atoms with E-state index in [1.807, 2.05) is 0 Å². The minimum absolute atomic E-state index is 0.265. The number of rotatable bonds is 3. The summed E-state index contributed by atoms with van der Waals surface area (Å²) in [6.07, 6.45) is -0.407. The monoisotopic (exact) mass is 335 g/mol. The lowest BCUT2D eigenvalue weighted by Gasteiger charge is -2.20. The number of carbonyl (C=O) groups excluding carboxylic acids is 2. The Morgan fingerprint density at radius 3 is 2.64 bits per heavy atom. The first kappa shape index (κ1) is 15.0. The number of hydrogen-bond acceptors (Lipinski definition) is 3.